The Kier molecular flexibility index (Phi) is 2.21. The van der Waals surface area contributed by atoms with E-state index in [-0.39, 0.29) is 12.1 Å². The van der Waals surface area contributed by atoms with Gasteiger partial charge in [-0.2, -0.15) is 5.10 Å². The van der Waals surface area contributed by atoms with Gasteiger partial charge in [-0.25, -0.2) is 9.67 Å². The van der Waals surface area contributed by atoms with E-state index in [1.54, 1.807) is 0 Å². The zero-order valence-electron chi connectivity index (χ0n) is 8.69. The van der Waals surface area contributed by atoms with Gasteiger partial charge in [0.25, 0.3) is 0 Å². The Labute approximate surface area is 88.5 Å². The molecule has 1 aromatic rings. The van der Waals surface area contributed by atoms with E-state index in [1.807, 2.05) is 4.68 Å². The lowest BCUT2D eigenvalue weighted by Crippen LogP contribution is -2.38. The Morgan fingerprint density at radius 3 is 3.13 bits per heavy atom. The SMILES string of the molecule is OC1CCCNC1c1nc2n(n1)CCC2. The first kappa shape index (κ1) is 9.30. The number of aromatic nitrogens is 3. The molecule has 0 amide bonds. The average Bonchev–Trinajstić information content (AvgIpc) is 2.77. The van der Waals surface area contributed by atoms with Crippen LogP contribution in [0.25, 0.3) is 0 Å². The topological polar surface area (TPSA) is 63.0 Å². The minimum atomic E-state index is -0.332. The predicted octanol–water partition coefficient (Wildman–Crippen LogP) is 0.00970. The van der Waals surface area contributed by atoms with Crippen LogP contribution >= 0.6 is 0 Å². The molecule has 2 aliphatic rings. The van der Waals surface area contributed by atoms with Crippen LogP contribution in [0.15, 0.2) is 0 Å². The molecule has 1 saturated heterocycles. The maximum absolute atomic E-state index is 9.86. The summed E-state index contributed by atoms with van der Waals surface area (Å²) < 4.78 is 1.97. The molecule has 5 nitrogen and oxygen atoms in total. The summed E-state index contributed by atoms with van der Waals surface area (Å²) >= 11 is 0. The van der Waals surface area contributed by atoms with Gasteiger partial charge in [-0.3, -0.25) is 0 Å². The number of aliphatic hydroxyl groups excluding tert-OH is 1. The van der Waals surface area contributed by atoms with Crippen LogP contribution in [0.3, 0.4) is 0 Å². The highest BCUT2D eigenvalue weighted by Gasteiger charge is 2.29. The summed E-state index contributed by atoms with van der Waals surface area (Å²) in [6, 6.07) is -0.0585. The molecular formula is C10H16N4O. The van der Waals surface area contributed by atoms with Crippen LogP contribution in [0.2, 0.25) is 0 Å². The number of nitrogens with zero attached hydrogens (tertiary/aromatic N) is 3. The van der Waals surface area contributed by atoms with Crippen molar-refractivity contribution in [3.05, 3.63) is 11.6 Å². The molecule has 0 aliphatic carbocycles. The van der Waals surface area contributed by atoms with Crippen molar-refractivity contribution in [2.75, 3.05) is 6.54 Å². The minimum absolute atomic E-state index is 0.0585. The molecule has 0 saturated carbocycles. The van der Waals surface area contributed by atoms with E-state index in [9.17, 15) is 5.11 Å². The maximum atomic E-state index is 9.86. The Morgan fingerprint density at radius 2 is 2.33 bits per heavy atom. The maximum Gasteiger partial charge on any atom is 0.170 e. The van der Waals surface area contributed by atoms with E-state index >= 15 is 0 Å². The minimum Gasteiger partial charge on any atom is -0.391 e. The fraction of sp³-hybridized carbons (Fsp3) is 0.800. The molecule has 0 aromatic carbocycles. The number of hydrogen-bond donors (Lipinski definition) is 2. The predicted molar refractivity (Wildman–Crippen MR) is 54.3 cm³/mol. The summed E-state index contributed by atoms with van der Waals surface area (Å²) in [5.74, 6) is 1.85. The van der Waals surface area contributed by atoms with Gasteiger partial charge in [-0.05, 0) is 25.8 Å². The first-order valence-corrected chi connectivity index (χ1v) is 5.69. The molecular weight excluding hydrogens is 192 g/mol. The van der Waals surface area contributed by atoms with Crippen molar-refractivity contribution in [1.82, 2.24) is 20.1 Å². The van der Waals surface area contributed by atoms with Crippen molar-refractivity contribution in [3.63, 3.8) is 0 Å². The lowest BCUT2D eigenvalue weighted by Gasteiger charge is -2.26. The molecule has 2 N–H and O–H groups in total. The molecule has 2 atom stereocenters. The van der Waals surface area contributed by atoms with Gasteiger partial charge in [0.05, 0.1) is 12.1 Å². The molecule has 3 rings (SSSR count). The largest absolute Gasteiger partial charge is 0.391 e. The van der Waals surface area contributed by atoms with Crippen molar-refractivity contribution in [3.8, 4) is 0 Å². The quantitative estimate of drug-likeness (QED) is 0.682. The molecule has 1 aromatic heterocycles. The number of aliphatic hydroxyl groups is 1. The first-order chi connectivity index (χ1) is 7.34. The Hall–Kier alpha value is -0.940. The van der Waals surface area contributed by atoms with E-state index in [1.165, 1.54) is 0 Å². The zero-order valence-corrected chi connectivity index (χ0v) is 8.69. The summed E-state index contributed by atoms with van der Waals surface area (Å²) in [7, 11) is 0. The molecule has 3 heterocycles. The number of nitrogens with one attached hydrogen (secondary N) is 1. The summed E-state index contributed by atoms with van der Waals surface area (Å²) in [6.45, 7) is 1.93. The third-order valence-electron chi connectivity index (χ3n) is 3.24. The Bertz CT molecular complexity index is 341. The third kappa shape index (κ3) is 1.55. The average molecular weight is 208 g/mol. The summed E-state index contributed by atoms with van der Waals surface area (Å²) in [5, 5.41) is 17.6. The molecule has 2 aliphatic heterocycles. The standard InChI is InChI=1S/C10H16N4O/c15-7-3-1-5-11-9(7)10-12-8-4-2-6-14(8)13-10/h7,9,11,15H,1-6H2. The third-order valence-corrected chi connectivity index (χ3v) is 3.24. The van der Waals surface area contributed by atoms with Gasteiger partial charge < -0.3 is 10.4 Å². The molecule has 1 fully saturated rings. The summed E-state index contributed by atoms with van der Waals surface area (Å²) in [5.41, 5.74) is 0. The van der Waals surface area contributed by atoms with Crippen LogP contribution in [-0.2, 0) is 13.0 Å². The number of rotatable bonds is 1. The van der Waals surface area contributed by atoms with E-state index < -0.39 is 0 Å². The van der Waals surface area contributed by atoms with Crippen molar-refractivity contribution in [2.24, 2.45) is 0 Å². The molecule has 5 heteroatoms. The van der Waals surface area contributed by atoms with E-state index in [4.69, 9.17) is 0 Å². The lowest BCUT2D eigenvalue weighted by molar-refractivity contribution is 0.0926. The molecule has 0 bridgehead atoms. The summed E-state index contributed by atoms with van der Waals surface area (Å²) in [4.78, 5) is 4.49. The smallest absolute Gasteiger partial charge is 0.170 e. The van der Waals surface area contributed by atoms with Crippen LogP contribution < -0.4 is 5.32 Å². The lowest BCUT2D eigenvalue weighted by atomic mass is 10.0. The van der Waals surface area contributed by atoms with Gasteiger partial charge in [-0.1, -0.05) is 0 Å². The van der Waals surface area contributed by atoms with Crippen LogP contribution in [0, 0.1) is 0 Å². The highest BCUT2D eigenvalue weighted by atomic mass is 16.3. The van der Waals surface area contributed by atoms with Crippen LogP contribution in [-0.4, -0.2) is 32.5 Å². The normalized spacial score (nSPS) is 30.5. The second-order valence-electron chi connectivity index (χ2n) is 4.35. The second kappa shape index (κ2) is 3.57. The first-order valence-electron chi connectivity index (χ1n) is 5.69. The number of piperidine rings is 1. The number of fused-ring (bicyclic) bond motifs is 1. The van der Waals surface area contributed by atoms with E-state index in [0.717, 1.165) is 50.4 Å². The number of aryl methyl sites for hydroxylation is 2. The van der Waals surface area contributed by atoms with E-state index in [2.05, 4.69) is 15.4 Å². The van der Waals surface area contributed by atoms with Gasteiger partial charge in [0, 0.05) is 13.0 Å². The fourth-order valence-electron chi connectivity index (χ4n) is 2.41. The fourth-order valence-corrected chi connectivity index (χ4v) is 2.41. The summed E-state index contributed by atoms with van der Waals surface area (Å²) in [6.07, 6.45) is 3.72. The highest BCUT2D eigenvalue weighted by molar-refractivity contribution is 5.04. The van der Waals surface area contributed by atoms with Gasteiger partial charge in [0.1, 0.15) is 5.82 Å². The zero-order chi connectivity index (χ0) is 10.3. The second-order valence-corrected chi connectivity index (χ2v) is 4.35. The molecule has 82 valence electrons. The van der Waals surface area contributed by atoms with E-state index in [0.29, 0.717) is 0 Å². The van der Waals surface area contributed by atoms with Gasteiger partial charge >= 0.3 is 0 Å². The van der Waals surface area contributed by atoms with Gasteiger partial charge in [0.2, 0.25) is 0 Å². The van der Waals surface area contributed by atoms with Gasteiger partial charge in [-0.15, -0.1) is 0 Å². The molecule has 0 radical (unpaired) electrons. The van der Waals surface area contributed by atoms with Crippen molar-refractivity contribution >= 4 is 0 Å². The number of hydrogen-bond acceptors (Lipinski definition) is 4. The molecule has 15 heavy (non-hydrogen) atoms. The van der Waals surface area contributed by atoms with Crippen LogP contribution in [0.5, 0.6) is 0 Å². The molecule has 0 spiro atoms. The molecule has 2 unspecified atom stereocenters. The van der Waals surface area contributed by atoms with Crippen molar-refractivity contribution < 1.29 is 5.11 Å². The Balaban J connectivity index is 1.85. The van der Waals surface area contributed by atoms with Crippen LogP contribution in [0.1, 0.15) is 37.0 Å². The Morgan fingerprint density at radius 1 is 1.40 bits per heavy atom. The highest BCUT2D eigenvalue weighted by Crippen LogP contribution is 2.22. The monoisotopic (exact) mass is 208 g/mol. The van der Waals surface area contributed by atoms with Crippen molar-refractivity contribution in [2.45, 2.75) is 44.4 Å². The van der Waals surface area contributed by atoms with Crippen LogP contribution in [0.4, 0.5) is 0 Å². The van der Waals surface area contributed by atoms with Crippen molar-refractivity contribution in [1.29, 1.82) is 0 Å². The van der Waals surface area contributed by atoms with Gasteiger partial charge in [0.15, 0.2) is 5.82 Å².